The van der Waals surface area contributed by atoms with Crippen LogP contribution in [0.15, 0.2) is 0 Å². The highest BCUT2D eigenvalue weighted by molar-refractivity contribution is 5.73. The molecule has 57 heteroatoms. The zero-order valence-corrected chi connectivity index (χ0v) is 65.7. The molecule has 57 nitrogen and oxygen atoms in total. The molecule has 728 valence electrons. The van der Waals surface area contributed by atoms with Crippen LogP contribution in [0.2, 0.25) is 0 Å². The maximum Gasteiger partial charge on any atom is 0.217 e. The first-order valence-corrected chi connectivity index (χ1v) is 39.7. The van der Waals surface area contributed by atoms with Gasteiger partial charge in [-0.3, -0.25) is 4.79 Å². The van der Waals surface area contributed by atoms with Gasteiger partial charge in [0.25, 0.3) is 0 Å². The molecule has 11 heterocycles. The molecule has 0 aliphatic carbocycles. The number of rotatable bonds is 32. The second-order valence-electron chi connectivity index (χ2n) is 31.7. The fourth-order valence-electron chi connectivity index (χ4n) is 15.9. The second kappa shape index (κ2) is 44.6. The zero-order chi connectivity index (χ0) is 91.7. The third-order valence-electron chi connectivity index (χ3n) is 23.4. The number of aliphatic hydroxyl groups is 34. The summed E-state index contributed by atoms with van der Waals surface area (Å²) >= 11 is 0. The van der Waals surface area contributed by atoms with E-state index >= 15 is 0 Å². The second-order valence-corrected chi connectivity index (χ2v) is 31.7. The van der Waals surface area contributed by atoms with Gasteiger partial charge in [0.05, 0.1) is 72.7 Å². The standard InChI is InChI=1S/C68H115NO56/c1-13(78)69-25-36(89)51(21(9-77)108-58(25)104)119-64-50(103)53(121-68-57(44(97)33(86)22(118-68)10-105-59-45(98)37(90)26(79)14(2-70)109-59)125-67-56(43(96)32(85)20(8-76)115-67)124-63-48(101)40(93)29(82)17(5-73)112-63)35(88)24(117-64)11-106-60-49(102)52(120-66-55(42(95)31(84)19(7-75)114-66)123-62-47(100)39(92)28(81)16(4-72)111-62)34(87)23(116-60)12-107-65-54(41(94)30(83)18(6-74)113-65)122-61-46(99)38(91)27(80)15(3-71)110-61/h14-68,70-77,79-104H,2-12H2,1H3,(H,69,78)/t14-,15-,16-,17-,18-,19-,20-,21-,22-,23-,24-,25-,26-,27-,28-,29-,30-,31-,32-,33-,34-,35-,36-,37+,38+,39+,40+,41+,42+,43+,44+,45+,46+,47+,48+,49+,50+,51-,52+,53+,54+,55+,56+,57+,58?,59+,60+,61-,62-,63-,64+,65+,66-,67-,68-/m1/s1. The number of ether oxygens (including phenoxy) is 21. The number of carbonyl (C=O) groups excluding carboxylic acids is 1. The lowest BCUT2D eigenvalue weighted by molar-refractivity contribution is -0.409. The summed E-state index contributed by atoms with van der Waals surface area (Å²) in [6.07, 6.45) is -120. The Morgan fingerprint density at radius 3 is 0.768 bits per heavy atom. The molecular formula is C68H115NO56. The molecule has 0 aromatic carbocycles. The van der Waals surface area contributed by atoms with Crippen LogP contribution in [-0.2, 0) is 104 Å². The maximum absolute atomic E-state index is 12.8. The Morgan fingerprint density at radius 1 is 0.208 bits per heavy atom. The Morgan fingerprint density at radius 2 is 0.424 bits per heavy atom. The van der Waals surface area contributed by atoms with Crippen LogP contribution >= 0.6 is 0 Å². The van der Waals surface area contributed by atoms with Crippen LogP contribution in [0.25, 0.3) is 0 Å². The molecule has 11 aliphatic heterocycles. The van der Waals surface area contributed by atoms with Gasteiger partial charge in [-0.1, -0.05) is 0 Å². The van der Waals surface area contributed by atoms with Gasteiger partial charge in [-0.05, 0) is 0 Å². The Balaban J connectivity index is 0.964. The molecule has 1 unspecified atom stereocenters. The van der Waals surface area contributed by atoms with E-state index < -0.39 is 416 Å². The van der Waals surface area contributed by atoms with E-state index in [1.165, 1.54) is 0 Å². The third-order valence-corrected chi connectivity index (χ3v) is 23.4. The molecule has 55 atom stereocenters. The largest absolute Gasteiger partial charge is 0.394 e. The van der Waals surface area contributed by atoms with Gasteiger partial charge in [0.15, 0.2) is 69.2 Å². The summed E-state index contributed by atoms with van der Waals surface area (Å²) in [7, 11) is 0. The monoisotopic (exact) mass is 1840 g/mol. The van der Waals surface area contributed by atoms with Crippen molar-refractivity contribution in [3.8, 4) is 0 Å². The highest BCUT2D eigenvalue weighted by Gasteiger charge is 2.62. The molecule has 35 N–H and O–H groups in total. The highest BCUT2D eigenvalue weighted by atomic mass is 16.8. The van der Waals surface area contributed by atoms with Gasteiger partial charge in [-0.25, -0.2) is 0 Å². The number of hydrogen-bond donors (Lipinski definition) is 35. The van der Waals surface area contributed by atoms with Crippen molar-refractivity contribution in [2.75, 3.05) is 72.7 Å². The predicted octanol–water partition coefficient (Wildman–Crippen LogP) is -24.8. The molecule has 0 spiro atoms. The van der Waals surface area contributed by atoms with E-state index in [0.29, 0.717) is 0 Å². The van der Waals surface area contributed by atoms with Gasteiger partial charge < -0.3 is 278 Å². The Kier molecular flexibility index (Phi) is 36.7. The minimum absolute atomic E-state index is 0.919. The normalized spacial score (nSPS) is 52.7. The van der Waals surface area contributed by atoms with Gasteiger partial charge in [-0.15, -0.1) is 0 Å². The van der Waals surface area contributed by atoms with Gasteiger partial charge in [0.2, 0.25) is 5.91 Å². The van der Waals surface area contributed by atoms with Gasteiger partial charge in [0, 0.05) is 6.92 Å². The van der Waals surface area contributed by atoms with E-state index in [4.69, 9.17) is 99.5 Å². The van der Waals surface area contributed by atoms with Crippen molar-refractivity contribution in [3.63, 3.8) is 0 Å². The van der Waals surface area contributed by atoms with Crippen molar-refractivity contribution >= 4 is 5.91 Å². The third kappa shape index (κ3) is 22.0. The summed E-state index contributed by atoms with van der Waals surface area (Å²) in [4.78, 5) is 12.5. The lowest BCUT2D eigenvalue weighted by atomic mass is 9.94. The quantitative estimate of drug-likeness (QED) is 0.0297. The van der Waals surface area contributed by atoms with Crippen LogP contribution in [-0.4, -0.2) is 590 Å². The fourth-order valence-corrected chi connectivity index (χ4v) is 15.9. The maximum atomic E-state index is 12.8. The molecule has 11 saturated heterocycles. The lowest BCUT2D eigenvalue weighted by Crippen LogP contribution is -2.69. The summed E-state index contributed by atoms with van der Waals surface area (Å²) in [5.74, 6) is -0.919. The number of amides is 1. The van der Waals surface area contributed by atoms with Crippen LogP contribution in [0.4, 0.5) is 0 Å². The Bertz CT molecular complexity index is 3250. The summed E-state index contributed by atoms with van der Waals surface area (Å²) < 4.78 is 123. The average molecular weight is 1840 g/mol. The molecule has 0 bridgehead atoms. The first-order chi connectivity index (χ1) is 59.2. The average Bonchev–Trinajstić information content (AvgIpc) is 0.768. The Hall–Kier alpha value is -2.73. The predicted molar refractivity (Wildman–Crippen MR) is 374 cm³/mol. The molecule has 0 saturated carbocycles. The number of hydrogen-bond acceptors (Lipinski definition) is 56. The first kappa shape index (κ1) is 103. The molecule has 1 amide bonds. The van der Waals surface area contributed by atoms with Crippen molar-refractivity contribution in [3.05, 3.63) is 0 Å². The van der Waals surface area contributed by atoms with E-state index in [-0.39, 0.29) is 0 Å². The van der Waals surface area contributed by atoms with E-state index in [2.05, 4.69) is 5.32 Å². The summed E-state index contributed by atoms with van der Waals surface area (Å²) in [5, 5.41) is 379. The molecule has 125 heavy (non-hydrogen) atoms. The van der Waals surface area contributed by atoms with E-state index in [0.717, 1.165) is 6.92 Å². The van der Waals surface area contributed by atoms with E-state index in [1.807, 2.05) is 0 Å². The molecule has 11 aliphatic rings. The lowest BCUT2D eigenvalue weighted by Gasteiger charge is -2.51. The van der Waals surface area contributed by atoms with Crippen LogP contribution in [0, 0.1) is 0 Å². The summed E-state index contributed by atoms with van der Waals surface area (Å²) in [6, 6.07) is -1.87. The van der Waals surface area contributed by atoms with Crippen LogP contribution in [0.5, 0.6) is 0 Å². The van der Waals surface area contributed by atoms with Gasteiger partial charge in [0.1, 0.15) is 269 Å². The SMILES string of the molecule is CC(=O)N[C@H]1C(O)O[C@H](CO)[C@@H](O[C@@H]2O[C@H](CO[C@H]3O[C@H](CO[C@H]4O[C@H](CO)[C@@H](O)[C@H](O)[C@@H]4O[C@H]4O[C@H](CO)[C@@H](O)[C@H](O)[C@@H]4O)[C@@H](O)[C@H](O[C@H]4O[C@H](CO)[C@@H](O)[C@H](O)[C@@H]4O[C@H]4O[C@H](CO)[C@@H](O)[C@H](O)[C@@H]4O)[C@@H]3O)[C@@H](O)[C@H](O[C@H]3O[C@H](CO[C@H]4O[C@H](CO)[C@@H](O)[C@H](O)[C@@H]4O)[C@@H](O)[C@H](O)[C@@H]3O[C@H]3O[C@H](CO)[C@@H](O)[C@H](O)[C@@H]3O[C@H]3O[C@H](CO)[C@@H](O)[C@H](O)[C@@H]3O)[C@@H]2O)[C@@H]1O. The molecule has 11 fully saturated rings. The van der Waals surface area contributed by atoms with Crippen molar-refractivity contribution < 1.29 is 278 Å². The molecule has 0 aromatic rings. The molecule has 0 aromatic heterocycles. The van der Waals surface area contributed by atoms with E-state index in [1.54, 1.807) is 0 Å². The topological polar surface area (TPSA) is 911 Å². The van der Waals surface area contributed by atoms with E-state index in [9.17, 15) is 178 Å². The van der Waals surface area contributed by atoms with Crippen molar-refractivity contribution in [1.29, 1.82) is 0 Å². The minimum atomic E-state index is -2.68. The first-order valence-electron chi connectivity index (χ1n) is 39.7. The van der Waals surface area contributed by atoms with Crippen molar-refractivity contribution in [2.24, 2.45) is 0 Å². The summed E-state index contributed by atoms with van der Waals surface area (Å²) in [6.45, 7) is -11.7. The Labute approximate surface area is 704 Å². The highest BCUT2D eigenvalue weighted by Crippen LogP contribution is 2.41. The number of aliphatic hydroxyl groups excluding tert-OH is 34. The van der Waals surface area contributed by atoms with Gasteiger partial charge >= 0.3 is 0 Å². The zero-order valence-electron chi connectivity index (χ0n) is 65.7. The van der Waals surface area contributed by atoms with Crippen molar-refractivity contribution in [2.45, 2.75) is 345 Å². The smallest absolute Gasteiger partial charge is 0.217 e. The van der Waals surface area contributed by atoms with Crippen LogP contribution in [0.3, 0.4) is 0 Å². The number of nitrogens with one attached hydrogen (secondary N) is 1. The van der Waals surface area contributed by atoms with Crippen LogP contribution in [0.1, 0.15) is 6.92 Å². The molecular weight excluding hydrogens is 1730 g/mol. The molecule has 0 radical (unpaired) electrons. The van der Waals surface area contributed by atoms with Crippen molar-refractivity contribution in [1.82, 2.24) is 5.32 Å². The summed E-state index contributed by atoms with van der Waals surface area (Å²) in [5.41, 5.74) is 0. The minimum Gasteiger partial charge on any atom is -0.394 e. The fraction of sp³-hybridized carbons (Fsp3) is 0.985. The molecule has 11 rings (SSSR count). The van der Waals surface area contributed by atoms with Gasteiger partial charge in [-0.2, -0.15) is 0 Å². The number of carbonyl (C=O) groups is 1. The van der Waals surface area contributed by atoms with Crippen LogP contribution < -0.4 is 5.32 Å².